The lowest BCUT2D eigenvalue weighted by atomic mass is 9.93. The zero-order chi connectivity index (χ0) is 25.4. The van der Waals surface area contributed by atoms with E-state index in [0.717, 1.165) is 11.1 Å². The fourth-order valence-corrected chi connectivity index (χ4v) is 3.99. The van der Waals surface area contributed by atoms with Crippen LogP contribution in [0.4, 0.5) is 4.39 Å². The summed E-state index contributed by atoms with van der Waals surface area (Å²) in [6.07, 6.45) is 1.11. The van der Waals surface area contributed by atoms with Crippen LogP contribution in [0.15, 0.2) is 66.7 Å². The summed E-state index contributed by atoms with van der Waals surface area (Å²) in [6.45, 7) is 4.72. The first-order valence-electron chi connectivity index (χ1n) is 11.7. The normalized spacial score (nSPS) is 12.3. The summed E-state index contributed by atoms with van der Waals surface area (Å²) in [5.74, 6) is -0.630. The van der Waals surface area contributed by atoms with Gasteiger partial charge in [-0.1, -0.05) is 24.3 Å². The second-order valence-corrected chi connectivity index (χ2v) is 9.43. The van der Waals surface area contributed by atoms with Crippen molar-refractivity contribution in [3.05, 3.63) is 94.8 Å². The van der Waals surface area contributed by atoms with Gasteiger partial charge < -0.3 is 26.0 Å². The Morgan fingerprint density at radius 3 is 2.37 bits per heavy atom. The number of rotatable bonds is 11. The molecule has 0 radical (unpaired) electrons. The van der Waals surface area contributed by atoms with E-state index in [0.29, 0.717) is 36.9 Å². The predicted molar refractivity (Wildman–Crippen MR) is 134 cm³/mol. The number of hydrogen-bond acceptors (Lipinski definition) is 5. The van der Waals surface area contributed by atoms with Crippen LogP contribution in [-0.4, -0.2) is 39.9 Å². The highest BCUT2D eigenvalue weighted by Gasteiger charge is 2.21. The van der Waals surface area contributed by atoms with Crippen molar-refractivity contribution in [1.29, 1.82) is 0 Å². The van der Waals surface area contributed by atoms with Gasteiger partial charge in [-0.2, -0.15) is 0 Å². The highest BCUT2D eigenvalue weighted by atomic mass is 19.1. The minimum absolute atomic E-state index is 0.109. The molecular formula is C28H33FN2O4. The maximum Gasteiger partial charge on any atom is 0.251 e. The van der Waals surface area contributed by atoms with Gasteiger partial charge in [0, 0.05) is 30.3 Å². The topological polar surface area (TPSA) is 102 Å². The van der Waals surface area contributed by atoms with E-state index >= 15 is 0 Å². The van der Waals surface area contributed by atoms with Crippen LogP contribution in [0.2, 0.25) is 0 Å². The lowest BCUT2D eigenvalue weighted by Crippen LogP contribution is -2.43. The molecule has 3 aromatic rings. The molecule has 0 aliphatic heterocycles. The molecule has 0 heterocycles. The zero-order valence-corrected chi connectivity index (χ0v) is 20.1. The number of amides is 1. The third-order valence-electron chi connectivity index (χ3n) is 5.74. The Hall–Kier alpha value is -3.42. The molecule has 1 unspecified atom stereocenters. The molecule has 3 rings (SSSR count). The van der Waals surface area contributed by atoms with Crippen molar-refractivity contribution in [2.24, 2.45) is 0 Å². The molecule has 35 heavy (non-hydrogen) atoms. The van der Waals surface area contributed by atoms with Gasteiger partial charge in [0.05, 0.1) is 6.10 Å². The van der Waals surface area contributed by atoms with Crippen LogP contribution in [0.5, 0.6) is 11.5 Å². The zero-order valence-electron chi connectivity index (χ0n) is 20.1. The van der Waals surface area contributed by atoms with Crippen LogP contribution in [0.3, 0.4) is 0 Å². The quantitative estimate of drug-likeness (QED) is 0.264. The molecule has 1 amide bonds. The Balaban J connectivity index is 1.50. The molecule has 3 aromatic carbocycles. The monoisotopic (exact) mass is 480 g/mol. The van der Waals surface area contributed by atoms with E-state index in [-0.39, 0.29) is 35.3 Å². The molecule has 0 saturated carbocycles. The van der Waals surface area contributed by atoms with Gasteiger partial charge in [0.25, 0.3) is 5.91 Å². The molecular weight excluding hydrogens is 447 g/mol. The number of nitrogens with one attached hydrogen (secondary N) is 2. The van der Waals surface area contributed by atoms with E-state index < -0.39 is 6.10 Å². The lowest BCUT2D eigenvalue weighted by molar-refractivity contribution is 0.0953. The Bertz CT molecular complexity index is 1130. The van der Waals surface area contributed by atoms with Crippen LogP contribution < -0.4 is 10.6 Å². The molecule has 7 heteroatoms. The molecule has 5 N–H and O–H groups in total. The molecule has 0 aliphatic carbocycles. The summed E-state index contributed by atoms with van der Waals surface area (Å²) < 4.78 is 13.3. The van der Waals surface area contributed by atoms with Gasteiger partial charge in [-0.05, 0) is 86.2 Å². The summed E-state index contributed by atoms with van der Waals surface area (Å²) in [7, 11) is 0. The minimum Gasteiger partial charge on any atom is -0.508 e. The Morgan fingerprint density at radius 1 is 0.971 bits per heavy atom. The number of halogens is 1. The van der Waals surface area contributed by atoms with E-state index in [2.05, 4.69) is 10.6 Å². The van der Waals surface area contributed by atoms with Crippen molar-refractivity contribution in [2.75, 3.05) is 13.1 Å². The van der Waals surface area contributed by atoms with Crippen LogP contribution in [0.25, 0.3) is 0 Å². The summed E-state index contributed by atoms with van der Waals surface area (Å²) in [4.78, 5) is 12.6. The molecule has 0 bridgehead atoms. The van der Waals surface area contributed by atoms with Crippen molar-refractivity contribution in [3.63, 3.8) is 0 Å². The first-order valence-corrected chi connectivity index (χ1v) is 11.7. The van der Waals surface area contributed by atoms with E-state index in [4.69, 9.17) is 0 Å². The van der Waals surface area contributed by atoms with E-state index in [9.17, 15) is 24.5 Å². The van der Waals surface area contributed by atoms with Gasteiger partial charge in [0.2, 0.25) is 0 Å². The van der Waals surface area contributed by atoms with Crippen LogP contribution in [0.1, 0.15) is 53.4 Å². The van der Waals surface area contributed by atoms with Gasteiger partial charge in [0.1, 0.15) is 17.3 Å². The summed E-state index contributed by atoms with van der Waals surface area (Å²) in [5, 5.41) is 35.9. The smallest absolute Gasteiger partial charge is 0.251 e. The number of carbonyl (C=O) groups excluding carboxylic acids is 1. The molecule has 0 spiro atoms. The standard InChI is InChI=1S/C28H33FN2O4/c1-28(2,31-18-26(34)22-14-24(32)16-25(33)15-22)17-20-7-3-9-21(12-20)27(35)30-11-5-8-19-6-4-10-23(29)13-19/h3-4,6-7,9-10,12-16,26,31-34H,5,8,11,17-18H2,1-2H3,(H,30,35). The SMILES string of the molecule is CC(C)(Cc1cccc(C(=O)NCCCc2cccc(F)c2)c1)NCC(O)c1cc(O)cc(O)c1. The Morgan fingerprint density at radius 2 is 1.66 bits per heavy atom. The van der Waals surface area contributed by atoms with Gasteiger partial charge in [-0.15, -0.1) is 0 Å². The molecule has 6 nitrogen and oxygen atoms in total. The molecule has 186 valence electrons. The van der Waals surface area contributed by atoms with E-state index in [1.807, 2.05) is 38.1 Å². The van der Waals surface area contributed by atoms with E-state index in [1.54, 1.807) is 12.1 Å². The van der Waals surface area contributed by atoms with Crippen LogP contribution in [-0.2, 0) is 12.8 Å². The number of aryl methyl sites for hydroxylation is 1. The van der Waals surface area contributed by atoms with Gasteiger partial charge >= 0.3 is 0 Å². The third kappa shape index (κ3) is 8.38. The van der Waals surface area contributed by atoms with Crippen molar-refractivity contribution >= 4 is 5.91 Å². The number of aliphatic hydroxyl groups is 1. The molecule has 0 fully saturated rings. The molecule has 0 saturated heterocycles. The first kappa shape index (κ1) is 26.2. The third-order valence-corrected chi connectivity index (χ3v) is 5.74. The lowest BCUT2D eigenvalue weighted by Gasteiger charge is -2.28. The number of phenols is 2. The molecule has 0 aromatic heterocycles. The highest BCUT2D eigenvalue weighted by Crippen LogP contribution is 2.25. The summed E-state index contributed by atoms with van der Waals surface area (Å²) in [5.41, 5.74) is 2.47. The van der Waals surface area contributed by atoms with Crippen LogP contribution in [0, 0.1) is 5.82 Å². The van der Waals surface area contributed by atoms with Gasteiger partial charge in [-0.25, -0.2) is 4.39 Å². The van der Waals surface area contributed by atoms with Crippen LogP contribution >= 0.6 is 0 Å². The van der Waals surface area contributed by atoms with Gasteiger partial charge in [-0.3, -0.25) is 4.79 Å². The second-order valence-electron chi connectivity index (χ2n) is 9.43. The average Bonchev–Trinajstić information content (AvgIpc) is 2.79. The fourth-order valence-electron chi connectivity index (χ4n) is 3.99. The van der Waals surface area contributed by atoms with Crippen molar-refractivity contribution in [2.45, 2.75) is 44.8 Å². The number of aromatic hydroxyl groups is 2. The highest BCUT2D eigenvalue weighted by molar-refractivity contribution is 5.94. The van der Waals surface area contributed by atoms with Gasteiger partial charge in [0.15, 0.2) is 0 Å². The summed E-state index contributed by atoms with van der Waals surface area (Å²) >= 11 is 0. The van der Waals surface area contributed by atoms with Crippen molar-refractivity contribution < 1.29 is 24.5 Å². The van der Waals surface area contributed by atoms with E-state index in [1.165, 1.54) is 30.3 Å². The number of benzene rings is 3. The van der Waals surface area contributed by atoms with Crippen molar-refractivity contribution in [3.8, 4) is 11.5 Å². The number of aliphatic hydroxyl groups excluding tert-OH is 1. The largest absolute Gasteiger partial charge is 0.508 e. The van der Waals surface area contributed by atoms with Crippen molar-refractivity contribution in [1.82, 2.24) is 10.6 Å². The number of hydrogen-bond donors (Lipinski definition) is 5. The Labute approximate surface area is 205 Å². The molecule has 1 atom stereocenters. The number of carbonyl (C=O) groups is 1. The summed E-state index contributed by atoms with van der Waals surface area (Å²) in [6, 6.07) is 17.9. The average molecular weight is 481 g/mol. The Kier molecular flexibility index (Phi) is 8.84. The number of phenolic OH excluding ortho intramolecular Hbond substituents is 2. The number of β-amino-alcohol motifs (C(OH)–C–C–N with tert-alkyl or cyclic N) is 1. The fraction of sp³-hybridized carbons (Fsp3) is 0.321. The molecule has 0 aliphatic rings. The predicted octanol–water partition coefficient (Wildman–Crippen LogP) is 4.24. The second kappa shape index (κ2) is 11.8. The maximum atomic E-state index is 13.3. The maximum absolute atomic E-state index is 13.3. The minimum atomic E-state index is -0.906. The first-order chi connectivity index (χ1) is 16.6.